The first-order valence-electron chi connectivity index (χ1n) is 5.46. The summed E-state index contributed by atoms with van der Waals surface area (Å²) in [5.74, 6) is -0.859. The third-order valence-electron chi connectivity index (χ3n) is 2.80. The number of hydrogen-bond donors (Lipinski definition) is 1. The fourth-order valence-electron chi connectivity index (χ4n) is 2.16. The number of halogens is 2. The van der Waals surface area contributed by atoms with Gasteiger partial charge in [-0.15, -0.1) is 0 Å². The Morgan fingerprint density at radius 2 is 2.12 bits per heavy atom. The molecule has 1 heterocycles. The molecule has 0 aromatic heterocycles. The largest absolute Gasteiger partial charge is 0.303 e. The maximum atomic E-state index is 13.7. The molecule has 0 aliphatic carbocycles. The molecule has 2 rings (SSSR count). The zero-order valence-corrected chi connectivity index (χ0v) is 10.6. The average molecular weight is 259 g/mol. The second-order valence-electron chi connectivity index (χ2n) is 4.97. The molecule has 1 aromatic carbocycles. The van der Waals surface area contributed by atoms with E-state index in [4.69, 9.17) is 0 Å². The molecule has 0 spiro atoms. The van der Waals surface area contributed by atoms with E-state index in [0.717, 1.165) is 6.07 Å². The van der Waals surface area contributed by atoms with Crippen molar-refractivity contribution in [2.24, 2.45) is 0 Å². The summed E-state index contributed by atoms with van der Waals surface area (Å²) in [5.41, 5.74) is -0.0712. The fourth-order valence-corrected chi connectivity index (χ4v) is 3.80. The minimum absolute atomic E-state index is 0.256. The van der Waals surface area contributed by atoms with Gasteiger partial charge in [0, 0.05) is 39.4 Å². The highest BCUT2D eigenvalue weighted by Gasteiger charge is 2.33. The summed E-state index contributed by atoms with van der Waals surface area (Å²) in [6.45, 7) is 3.82. The van der Waals surface area contributed by atoms with Gasteiger partial charge in [-0.1, -0.05) is 12.1 Å². The normalized spacial score (nSPS) is 28.0. The van der Waals surface area contributed by atoms with Crippen LogP contribution in [0.2, 0.25) is 0 Å². The van der Waals surface area contributed by atoms with Crippen LogP contribution >= 0.6 is 0 Å². The van der Waals surface area contributed by atoms with Gasteiger partial charge in [-0.3, -0.25) is 4.21 Å². The summed E-state index contributed by atoms with van der Waals surface area (Å²) >= 11 is 0. The van der Waals surface area contributed by atoms with Crippen molar-refractivity contribution in [3.63, 3.8) is 0 Å². The molecular weight excluding hydrogens is 244 g/mol. The Morgan fingerprint density at radius 1 is 1.41 bits per heavy atom. The molecule has 5 heteroatoms. The van der Waals surface area contributed by atoms with Gasteiger partial charge in [0.2, 0.25) is 0 Å². The molecule has 2 nitrogen and oxygen atoms in total. The molecule has 1 aromatic rings. The van der Waals surface area contributed by atoms with Crippen molar-refractivity contribution in [1.82, 2.24) is 5.32 Å². The van der Waals surface area contributed by atoms with Gasteiger partial charge in [-0.05, 0) is 19.9 Å². The van der Waals surface area contributed by atoms with Crippen LogP contribution in [0.4, 0.5) is 8.78 Å². The molecule has 0 bridgehead atoms. The maximum Gasteiger partial charge on any atom is 0.163 e. The van der Waals surface area contributed by atoms with Gasteiger partial charge < -0.3 is 5.32 Å². The maximum absolute atomic E-state index is 13.7. The Bertz CT molecular complexity index is 462. The number of benzene rings is 1. The monoisotopic (exact) mass is 259 g/mol. The molecule has 17 heavy (non-hydrogen) atoms. The van der Waals surface area contributed by atoms with Crippen molar-refractivity contribution in [2.75, 3.05) is 11.5 Å². The third kappa shape index (κ3) is 2.72. The Hall–Kier alpha value is -0.810. The van der Waals surface area contributed by atoms with Crippen LogP contribution in [0, 0.1) is 11.6 Å². The standard InChI is InChI=1S/C12H15F2NOS/c1-12(2)7-17(16)6-10(15-12)8-4-3-5-9(13)11(8)14/h3-5,10,15H,6-7H2,1-2H3. The van der Waals surface area contributed by atoms with E-state index < -0.39 is 28.5 Å². The minimum Gasteiger partial charge on any atom is -0.303 e. The summed E-state index contributed by atoms with van der Waals surface area (Å²) < 4.78 is 38.5. The van der Waals surface area contributed by atoms with Crippen LogP contribution in [0.15, 0.2) is 18.2 Å². The molecule has 1 saturated heterocycles. The SMILES string of the molecule is CC1(C)CS(=O)CC(c2cccc(F)c2F)N1. The first-order chi connectivity index (χ1) is 7.89. The van der Waals surface area contributed by atoms with Crippen molar-refractivity contribution in [3.05, 3.63) is 35.4 Å². The minimum atomic E-state index is -1.01. The van der Waals surface area contributed by atoms with Crippen LogP contribution in [0.25, 0.3) is 0 Å². The lowest BCUT2D eigenvalue weighted by molar-refractivity contribution is 0.359. The second-order valence-corrected chi connectivity index (χ2v) is 6.48. The molecule has 2 atom stereocenters. The van der Waals surface area contributed by atoms with Crippen molar-refractivity contribution < 1.29 is 13.0 Å². The summed E-state index contributed by atoms with van der Waals surface area (Å²) in [6.07, 6.45) is 0. The van der Waals surface area contributed by atoms with Gasteiger partial charge in [-0.25, -0.2) is 8.78 Å². The van der Waals surface area contributed by atoms with Gasteiger partial charge in [0.25, 0.3) is 0 Å². The van der Waals surface area contributed by atoms with Gasteiger partial charge >= 0.3 is 0 Å². The van der Waals surface area contributed by atoms with E-state index in [0.29, 0.717) is 11.5 Å². The van der Waals surface area contributed by atoms with Gasteiger partial charge in [0.05, 0.1) is 0 Å². The number of nitrogens with one attached hydrogen (secondary N) is 1. The lowest BCUT2D eigenvalue weighted by Crippen LogP contribution is -2.52. The van der Waals surface area contributed by atoms with E-state index in [-0.39, 0.29) is 11.1 Å². The van der Waals surface area contributed by atoms with E-state index in [9.17, 15) is 13.0 Å². The zero-order valence-electron chi connectivity index (χ0n) is 9.80. The van der Waals surface area contributed by atoms with Crippen LogP contribution in [-0.4, -0.2) is 21.3 Å². The van der Waals surface area contributed by atoms with E-state index in [1.807, 2.05) is 13.8 Å². The molecule has 1 fully saturated rings. The lowest BCUT2D eigenvalue weighted by Gasteiger charge is -2.36. The first kappa shape index (κ1) is 12.6. The fraction of sp³-hybridized carbons (Fsp3) is 0.500. The highest BCUT2D eigenvalue weighted by Crippen LogP contribution is 2.26. The van der Waals surface area contributed by atoms with Gasteiger partial charge in [0.1, 0.15) is 0 Å². The number of hydrogen-bond acceptors (Lipinski definition) is 2. The molecule has 0 radical (unpaired) electrons. The Labute approximate surface area is 102 Å². The van der Waals surface area contributed by atoms with Crippen LogP contribution in [0.3, 0.4) is 0 Å². The second kappa shape index (κ2) is 4.46. The van der Waals surface area contributed by atoms with Crippen LogP contribution < -0.4 is 5.32 Å². The average Bonchev–Trinajstić information content (AvgIpc) is 2.19. The number of rotatable bonds is 1. The molecule has 0 amide bonds. The Balaban J connectivity index is 2.33. The Kier molecular flexibility index (Phi) is 3.32. The first-order valence-corrected chi connectivity index (χ1v) is 6.94. The summed E-state index contributed by atoms with van der Waals surface area (Å²) in [6, 6.07) is 3.70. The topological polar surface area (TPSA) is 29.1 Å². The van der Waals surface area contributed by atoms with Crippen molar-refractivity contribution in [1.29, 1.82) is 0 Å². The van der Waals surface area contributed by atoms with E-state index >= 15 is 0 Å². The van der Waals surface area contributed by atoms with Crippen LogP contribution in [0.5, 0.6) is 0 Å². The molecule has 2 unspecified atom stereocenters. The van der Waals surface area contributed by atoms with E-state index in [1.54, 1.807) is 0 Å². The summed E-state index contributed by atoms with van der Waals surface area (Å²) in [7, 11) is -1.01. The highest BCUT2D eigenvalue weighted by atomic mass is 32.2. The predicted octanol–water partition coefficient (Wildman–Crippen LogP) is 2.14. The quantitative estimate of drug-likeness (QED) is 0.837. The van der Waals surface area contributed by atoms with Crippen LogP contribution in [0.1, 0.15) is 25.5 Å². The third-order valence-corrected chi connectivity index (χ3v) is 4.55. The van der Waals surface area contributed by atoms with Gasteiger partial charge in [0.15, 0.2) is 11.6 Å². The smallest absolute Gasteiger partial charge is 0.163 e. The summed E-state index contributed by atoms with van der Waals surface area (Å²) in [5, 5.41) is 3.21. The molecule has 1 aliphatic heterocycles. The Morgan fingerprint density at radius 3 is 2.76 bits per heavy atom. The molecule has 94 valence electrons. The van der Waals surface area contributed by atoms with E-state index in [2.05, 4.69) is 5.32 Å². The summed E-state index contributed by atoms with van der Waals surface area (Å²) in [4.78, 5) is 0. The highest BCUT2D eigenvalue weighted by molar-refractivity contribution is 7.85. The predicted molar refractivity (Wildman–Crippen MR) is 64.2 cm³/mol. The molecule has 1 N–H and O–H groups in total. The molecule has 0 saturated carbocycles. The zero-order chi connectivity index (χ0) is 12.6. The molecule has 1 aliphatic rings. The van der Waals surface area contributed by atoms with Crippen molar-refractivity contribution >= 4 is 10.8 Å². The van der Waals surface area contributed by atoms with Gasteiger partial charge in [-0.2, -0.15) is 0 Å². The van der Waals surface area contributed by atoms with E-state index in [1.165, 1.54) is 12.1 Å². The van der Waals surface area contributed by atoms with Crippen LogP contribution in [-0.2, 0) is 10.8 Å². The van der Waals surface area contributed by atoms with Crippen molar-refractivity contribution in [2.45, 2.75) is 25.4 Å². The van der Waals surface area contributed by atoms with Crippen molar-refractivity contribution in [3.8, 4) is 0 Å². The molecular formula is C12H15F2NOS. The lowest BCUT2D eigenvalue weighted by atomic mass is 10.0.